The highest BCUT2D eigenvalue weighted by molar-refractivity contribution is 7.25. The van der Waals surface area contributed by atoms with Gasteiger partial charge in [0.2, 0.25) is 0 Å². The lowest BCUT2D eigenvalue weighted by molar-refractivity contribution is 0.668. The smallest absolute Gasteiger partial charge is 0.164 e. The SMILES string of the molecule is c1ccc(-c2cccc(-c3cc4c(cc3-n3c5ccccc5c5cc6ccccc6cc53)oc3cccc(-c5nc(-c6ccc7ccccc7c6)nc(-c6ccc7c(c6)sc6ccccc67)n5)c34)c2)cc1. The molecule has 15 rings (SSSR count). The lowest BCUT2D eigenvalue weighted by atomic mass is 9.95. The minimum Gasteiger partial charge on any atom is -0.456 e. The van der Waals surface area contributed by atoms with E-state index in [4.69, 9.17) is 19.4 Å². The molecule has 71 heavy (non-hydrogen) atoms. The highest BCUT2D eigenvalue weighted by Crippen LogP contribution is 2.45. The maximum atomic E-state index is 7.00. The summed E-state index contributed by atoms with van der Waals surface area (Å²) in [6, 6.07) is 82.4. The number of fused-ring (bicyclic) bond motifs is 11. The van der Waals surface area contributed by atoms with E-state index in [2.05, 4.69) is 229 Å². The van der Waals surface area contributed by atoms with E-state index in [1.807, 2.05) is 6.07 Å². The molecule has 0 spiro atoms. The normalized spacial score (nSPS) is 11.9. The van der Waals surface area contributed by atoms with Crippen molar-refractivity contribution in [1.82, 2.24) is 19.5 Å². The van der Waals surface area contributed by atoms with Gasteiger partial charge in [0.1, 0.15) is 11.2 Å². The zero-order valence-corrected chi connectivity index (χ0v) is 38.9. The van der Waals surface area contributed by atoms with E-state index in [1.165, 1.54) is 41.7 Å². The molecule has 15 aromatic rings. The average molecular weight is 923 g/mol. The van der Waals surface area contributed by atoms with Crippen molar-refractivity contribution in [2.45, 2.75) is 0 Å². The van der Waals surface area contributed by atoms with Crippen molar-refractivity contribution in [3.63, 3.8) is 0 Å². The van der Waals surface area contributed by atoms with Crippen LogP contribution in [0.5, 0.6) is 0 Å². The molecule has 0 amide bonds. The largest absolute Gasteiger partial charge is 0.456 e. The minimum absolute atomic E-state index is 0.578. The number of furan rings is 1. The molecule has 0 radical (unpaired) electrons. The fourth-order valence-electron chi connectivity index (χ4n) is 10.8. The van der Waals surface area contributed by atoms with Gasteiger partial charge in [-0.05, 0) is 92.8 Å². The number of thiophene rings is 1. The molecule has 4 aromatic heterocycles. The number of aromatic nitrogens is 4. The Morgan fingerprint density at radius 2 is 0.972 bits per heavy atom. The van der Waals surface area contributed by atoms with Crippen LogP contribution in [0.3, 0.4) is 0 Å². The van der Waals surface area contributed by atoms with Gasteiger partial charge < -0.3 is 8.98 Å². The lowest BCUT2D eigenvalue weighted by Crippen LogP contribution is -2.00. The Labute approximate surface area is 411 Å². The third-order valence-electron chi connectivity index (χ3n) is 14.2. The van der Waals surface area contributed by atoms with Gasteiger partial charge in [0.05, 0.1) is 16.7 Å². The van der Waals surface area contributed by atoms with Crippen LogP contribution in [0.4, 0.5) is 0 Å². The zero-order chi connectivity index (χ0) is 46.6. The first-order chi connectivity index (χ1) is 35.1. The van der Waals surface area contributed by atoms with Crippen molar-refractivity contribution in [2.75, 3.05) is 0 Å². The molecule has 0 bridgehead atoms. The molecule has 0 saturated carbocycles. The number of rotatable bonds is 6. The third-order valence-corrected chi connectivity index (χ3v) is 15.3. The molecule has 11 aromatic carbocycles. The van der Waals surface area contributed by atoms with E-state index in [1.54, 1.807) is 11.3 Å². The molecule has 330 valence electrons. The van der Waals surface area contributed by atoms with Crippen LogP contribution < -0.4 is 0 Å². The van der Waals surface area contributed by atoms with E-state index in [0.29, 0.717) is 17.5 Å². The number of hydrogen-bond acceptors (Lipinski definition) is 5. The topological polar surface area (TPSA) is 56.7 Å². The second-order valence-corrected chi connectivity index (χ2v) is 19.4. The van der Waals surface area contributed by atoms with Crippen LogP contribution in [0.2, 0.25) is 0 Å². The van der Waals surface area contributed by atoms with Gasteiger partial charge >= 0.3 is 0 Å². The Morgan fingerprint density at radius 1 is 0.324 bits per heavy atom. The van der Waals surface area contributed by atoms with Crippen molar-refractivity contribution in [3.8, 4) is 62.1 Å². The summed E-state index contributed by atoms with van der Waals surface area (Å²) in [4.78, 5) is 16.0. The molecule has 0 saturated heterocycles. The summed E-state index contributed by atoms with van der Waals surface area (Å²) in [7, 11) is 0. The Morgan fingerprint density at radius 3 is 1.83 bits per heavy atom. The van der Waals surface area contributed by atoms with Gasteiger partial charge in [-0.2, -0.15) is 0 Å². The Kier molecular flexibility index (Phi) is 8.76. The third kappa shape index (κ3) is 6.42. The molecule has 5 nitrogen and oxygen atoms in total. The first-order valence-corrected chi connectivity index (χ1v) is 24.7. The van der Waals surface area contributed by atoms with Crippen molar-refractivity contribution >= 4 is 96.8 Å². The van der Waals surface area contributed by atoms with E-state index in [0.717, 1.165) is 88.4 Å². The van der Waals surface area contributed by atoms with Gasteiger partial charge in [-0.25, -0.2) is 15.0 Å². The van der Waals surface area contributed by atoms with E-state index in [9.17, 15) is 0 Å². The molecule has 0 aliphatic heterocycles. The number of hydrogen-bond donors (Lipinski definition) is 0. The lowest BCUT2D eigenvalue weighted by Gasteiger charge is -2.16. The Balaban J connectivity index is 0.996. The number of benzene rings is 11. The molecule has 0 fully saturated rings. The summed E-state index contributed by atoms with van der Waals surface area (Å²) in [6.45, 7) is 0. The minimum atomic E-state index is 0.578. The fourth-order valence-corrected chi connectivity index (χ4v) is 12.0. The highest BCUT2D eigenvalue weighted by Gasteiger charge is 2.23. The van der Waals surface area contributed by atoms with Crippen molar-refractivity contribution in [3.05, 3.63) is 231 Å². The first-order valence-electron chi connectivity index (χ1n) is 23.9. The standard InChI is InChI=1S/C65H38N4OS/c1-2-14-39(15-3-1)42-20-12-21-45(32-42)52-37-54-59(38-57(52)69-55-25-10-8-22-48(55)53-34-43-18-6-7-19-44(43)35-56(53)69)70-58-26-13-24-51(62(54)58)65-67-63(46-29-28-40-16-4-5-17-41(40)33-46)66-64(68-65)47-30-31-50-49-23-9-11-27-60(49)71-61(50)36-47/h1-38H. The molecule has 0 unspecified atom stereocenters. The van der Waals surface area contributed by atoms with E-state index >= 15 is 0 Å². The summed E-state index contributed by atoms with van der Waals surface area (Å²) in [5.74, 6) is 1.80. The fraction of sp³-hybridized carbons (Fsp3) is 0. The van der Waals surface area contributed by atoms with Crippen LogP contribution in [0.25, 0.3) is 148 Å². The second kappa shape index (κ2) is 15.7. The molecular weight excluding hydrogens is 885 g/mol. The number of nitrogens with zero attached hydrogens (tertiary/aromatic N) is 4. The number of para-hydroxylation sites is 1. The van der Waals surface area contributed by atoms with Crippen molar-refractivity contribution in [1.29, 1.82) is 0 Å². The van der Waals surface area contributed by atoms with Crippen LogP contribution in [0, 0.1) is 0 Å². The van der Waals surface area contributed by atoms with Crippen LogP contribution in [0.15, 0.2) is 235 Å². The maximum Gasteiger partial charge on any atom is 0.164 e. The Bertz CT molecular complexity index is 4660. The summed E-state index contributed by atoms with van der Waals surface area (Å²) < 4.78 is 11.9. The second-order valence-electron chi connectivity index (χ2n) is 18.3. The van der Waals surface area contributed by atoms with Gasteiger partial charge in [0.25, 0.3) is 0 Å². The maximum absolute atomic E-state index is 7.00. The molecule has 6 heteroatoms. The van der Waals surface area contributed by atoms with E-state index < -0.39 is 0 Å². The highest BCUT2D eigenvalue weighted by atomic mass is 32.1. The van der Waals surface area contributed by atoms with Crippen LogP contribution in [-0.4, -0.2) is 19.5 Å². The summed E-state index contributed by atoms with van der Waals surface area (Å²) >= 11 is 1.79. The van der Waals surface area contributed by atoms with Gasteiger partial charge in [-0.15, -0.1) is 11.3 Å². The van der Waals surface area contributed by atoms with Crippen molar-refractivity contribution < 1.29 is 4.42 Å². The molecular formula is C65H38N4OS. The average Bonchev–Trinajstić information content (AvgIpc) is 4.11. The predicted octanol–water partition coefficient (Wildman–Crippen LogP) is 17.9. The van der Waals surface area contributed by atoms with Crippen LogP contribution >= 0.6 is 11.3 Å². The summed E-state index contributed by atoms with van der Waals surface area (Å²) in [6.07, 6.45) is 0. The predicted molar refractivity (Wildman–Crippen MR) is 297 cm³/mol. The summed E-state index contributed by atoms with van der Waals surface area (Å²) in [5, 5.41) is 11.5. The van der Waals surface area contributed by atoms with Gasteiger partial charge in [0, 0.05) is 70.0 Å². The monoisotopic (exact) mass is 922 g/mol. The zero-order valence-electron chi connectivity index (χ0n) is 38.0. The van der Waals surface area contributed by atoms with Crippen molar-refractivity contribution in [2.24, 2.45) is 0 Å². The summed E-state index contributed by atoms with van der Waals surface area (Å²) in [5.41, 5.74) is 12.0. The van der Waals surface area contributed by atoms with Crippen LogP contribution in [0.1, 0.15) is 0 Å². The molecule has 4 heterocycles. The molecule has 0 aliphatic carbocycles. The van der Waals surface area contributed by atoms with E-state index in [-0.39, 0.29) is 0 Å². The Hall–Kier alpha value is -9.23. The van der Waals surface area contributed by atoms with Crippen LogP contribution in [-0.2, 0) is 0 Å². The van der Waals surface area contributed by atoms with Gasteiger partial charge in [0.15, 0.2) is 17.5 Å². The quantitative estimate of drug-likeness (QED) is 0.167. The van der Waals surface area contributed by atoms with Gasteiger partial charge in [-0.3, -0.25) is 0 Å². The molecule has 0 aliphatic rings. The first kappa shape index (κ1) is 39.7. The van der Waals surface area contributed by atoms with Gasteiger partial charge in [-0.1, -0.05) is 170 Å². The molecule has 0 N–H and O–H groups in total. The molecule has 0 atom stereocenters.